The third kappa shape index (κ3) is 10.3. The summed E-state index contributed by atoms with van der Waals surface area (Å²) in [7, 11) is -0.856. The van der Waals surface area contributed by atoms with Crippen molar-refractivity contribution >= 4 is 20.4 Å². The van der Waals surface area contributed by atoms with Crippen molar-refractivity contribution in [1.29, 1.82) is 0 Å². The summed E-state index contributed by atoms with van der Waals surface area (Å²) in [6.45, 7) is 22.0. The van der Waals surface area contributed by atoms with Crippen LogP contribution < -0.4 is 9.47 Å². The van der Waals surface area contributed by atoms with E-state index in [1.807, 2.05) is 63.4 Å². The maximum atomic E-state index is 13.8. The highest BCUT2D eigenvalue weighted by Crippen LogP contribution is 2.40. The van der Waals surface area contributed by atoms with Gasteiger partial charge in [-0.15, -0.1) is 0 Å². The second kappa shape index (κ2) is 16.0. The van der Waals surface area contributed by atoms with Gasteiger partial charge < -0.3 is 28.3 Å². The van der Waals surface area contributed by atoms with Crippen LogP contribution in [-0.2, 0) is 20.3 Å². The van der Waals surface area contributed by atoms with Gasteiger partial charge in [-0.1, -0.05) is 52.8 Å². The Morgan fingerprint density at radius 3 is 2.34 bits per heavy atom. The number of ether oxygens (including phenoxy) is 4. The molecule has 0 bridgehead atoms. The summed E-state index contributed by atoms with van der Waals surface area (Å²) in [5.41, 5.74) is 3.67. The molecule has 2 heterocycles. The number of esters is 1. The van der Waals surface area contributed by atoms with Gasteiger partial charge in [0.25, 0.3) is 0 Å². The molecule has 1 aliphatic rings. The third-order valence-corrected chi connectivity index (χ3v) is 13.6. The lowest BCUT2D eigenvalue weighted by Crippen LogP contribution is -2.48. The van der Waals surface area contributed by atoms with Crippen molar-refractivity contribution in [2.24, 2.45) is 5.92 Å². The van der Waals surface area contributed by atoms with Gasteiger partial charge in [-0.2, -0.15) is 0 Å². The van der Waals surface area contributed by atoms with Crippen molar-refractivity contribution in [3.63, 3.8) is 0 Å². The van der Waals surface area contributed by atoms with E-state index in [0.717, 1.165) is 40.8 Å². The van der Waals surface area contributed by atoms with Crippen LogP contribution in [-0.4, -0.2) is 68.8 Å². The van der Waals surface area contributed by atoms with E-state index in [0.29, 0.717) is 36.9 Å². The highest BCUT2D eigenvalue weighted by Gasteiger charge is 2.41. The number of rotatable bonds is 12. The van der Waals surface area contributed by atoms with Crippen LogP contribution in [0.3, 0.4) is 0 Å². The zero-order chi connectivity index (χ0) is 36.9. The molecular formula is C40H56N2O7Si. The first-order chi connectivity index (χ1) is 23.4. The number of carbonyl (C=O) groups is 2. The Bertz CT molecular complexity index is 1610. The molecule has 2 aromatic carbocycles. The summed E-state index contributed by atoms with van der Waals surface area (Å²) in [6, 6.07) is 15.6. The fraction of sp³-hybridized carbons (Fsp3) is 0.525. The van der Waals surface area contributed by atoms with E-state index in [4.69, 9.17) is 23.4 Å². The third-order valence-electron chi connectivity index (χ3n) is 9.14. The van der Waals surface area contributed by atoms with Crippen molar-refractivity contribution in [3.8, 4) is 22.6 Å². The van der Waals surface area contributed by atoms with E-state index >= 15 is 0 Å². The van der Waals surface area contributed by atoms with Crippen LogP contribution in [0.4, 0.5) is 4.79 Å². The van der Waals surface area contributed by atoms with Crippen molar-refractivity contribution in [1.82, 2.24) is 9.88 Å². The smallest absolute Gasteiger partial charge is 0.410 e. The van der Waals surface area contributed by atoms with Crippen molar-refractivity contribution in [3.05, 3.63) is 77.6 Å². The van der Waals surface area contributed by atoms with Crippen LogP contribution >= 0.6 is 0 Å². The van der Waals surface area contributed by atoms with Gasteiger partial charge >= 0.3 is 12.1 Å². The highest BCUT2D eigenvalue weighted by atomic mass is 28.4. The molecule has 0 saturated carbocycles. The molecular weight excluding hydrogens is 649 g/mol. The van der Waals surface area contributed by atoms with E-state index in [1.54, 1.807) is 17.2 Å². The predicted octanol–water partition coefficient (Wildman–Crippen LogP) is 9.26. The molecule has 0 saturated heterocycles. The number of nitrogens with zero attached hydrogens (tertiary/aromatic N) is 2. The molecule has 0 unspecified atom stereocenters. The summed E-state index contributed by atoms with van der Waals surface area (Å²) < 4.78 is 30.4. The second-order valence-electron chi connectivity index (χ2n) is 16.0. The van der Waals surface area contributed by atoms with E-state index in [1.165, 1.54) is 7.11 Å². The van der Waals surface area contributed by atoms with Gasteiger partial charge in [0.05, 0.1) is 32.9 Å². The lowest BCUT2D eigenvalue weighted by atomic mass is 9.96. The van der Waals surface area contributed by atoms with Gasteiger partial charge in [0.15, 0.2) is 8.32 Å². The molecule has 4 rings (SSSR count). The highest BCUT2D eigenvalue weighted by molar-refractivity contribution is 6.74. The summed E-state index contributed by atoms with van der Waals surface area (Å²) in [5.74, 6) is 1.16. The summed E-state index contributed by atoms with van der Waals surface area (Å²) in [6.07, 6.45) is 4.04. The van der Waals surface area contributed by atoms with Crippen molar-refractivity contribution in [2.75, 3.05) is 26.8 Å². The average molecular weight is 705 g/mol. The topological polar surface area (TPSA) is 96.4 Å². The molecule has 1 amide bonds. The molecule has 0 aliphatic carbocycles. The Hall–Kier alpha value is -3.89. The normalized spacial score (nSPS) is 15.5. The number of methoxy groups -OCH3 is 1. The lowest BCUT2D eigenvalue weighted by Gasteiger charge is -2.41. The van der Waals surface area contributed by atoms with Crippen LogP contribution in [0.5, 0.6) is 11.5 Å². The number of carbonyl (C=O) groups excluding carboxylic acids is 2. The van der Waals surface area contributed by atoms with Gasteiger partial charge in [-0.05, 0) is 110 Å². The van der Waals surface area contributed by atoms with Crippen molar-refractivity contribution < 1.29 is 33.0 Å². The van der Waals surface area contributed by atoms with Gasteiger partial charge in [0.2, 0.25) is 0 Å². The number of amides is 1. The number of fused-ring (bicyclic) bond motifs is 1. The van der Waals surface area contributed by atoms with Crippen LogP contribution in [0, 0.1) is 5.92 Å². The van der Waals surface area contributed by atoms with Gasteiger partial charge in [0, 0.05) is 12.4 Å². The van der Waals surface area contributed by atoms with E-state index in [9.17, 15) is 9.59 Å². The first-order valence-electron chi connectivity index (χ1n) is 17.6. The number of benzene rings is 2. The Labute approximate surface area is 299 Å². The van der Waals surface area contributed by atoms with Gasteiger partial charge in [0.1, 0.15) is 28.8 Å². The molecule has 3 aromatic rings. The number of hydrogen-bond donors (Lipinski definition) is 0. The second-order valence-corrected chi connectivity index (χ2v) is 20.8. The first kappa shape index (κ1) is 38.9. The zero-order valence-corrected chi connectivity index (χ0v) is 32.8. The van der Waals surface area contributed by atoms with Crippen LogP contribution in [0.2, 0.25) is 18.1 Å². The van der Waals surface area contributed by atoms with Crippen molar-refractivity contribution in [2.45, 2.75) is 104 Å². The standard InChI is InChI=1S/C40H56N2O7Si/c1-27(2)26-46-35-22-29(15-18-33(35)37(43)45-9)28-16-19-34-30(21-28)14-17-32(47-34)24-42(38(44)48-39(3,4)5)25-36(31-13-12-20-41-23-31)49-50(10,11)40(6,7)8/h12-13,15-16,18-23,27,32,36H,14,17,24-26H2,1-11H3/t32-,36-/m1/s1. The Morgan fingerprint density at radius 1 is 1.02 bits per heavy atom. The SMILES string of the molecule is COC(=O)c1ccc(-c2ccc3c(c2)CC[C@H](CN(C[C@@H](O[Si](C)(C)C(C)(C)C)c2cccnc2)C(=O)OC(C)(C)C)O3)cc1OCC(C)C. The molecule has 50 heavy (non-hydrogen) atoms. The molecule has 9 nitrogen and oxygen atoms in total. The number of pyridine rings is 1. The van der Waals surface area contributed by atoms with E-state index < -0.39 is 26.0 Å². The quantitative estimate of drug-likeness (QED) is 0.136. The molecule has 0 N–H and O–H groups in total. The average Bonchev–Trinajstić information content (AvgIpc) is 3.05. The molecule has 2 atom stereocenters. The number of hydrogen-bond acceptors (Lipinski definition) is 8. The first-order valence-corrected chi connectivity index (χ1v) is 20.5. The van der Waals surface area contributed by atoms with E-state index in [-0.39, 0.29) is 17.2 Å². The minimum atomic E-state index is -2.23. The zero-order valence-electron chi connectivity index (χ0n) is 31.8. The van der Waals surface area contributed by atoms with Crippen LogP contribution in [0.1, 0.15) is 89.4 Å². The lowest BCUT2D eigenvalue weighted by molar-refractivity contribution is 0.00490. The number of aromatic nitrogens is 1. The van der Waals surface area contributed by atoms with Gasteiger partial charge in [-0.25, -0.2) is 9.59 Å². The minimum absolute atomic E-state index is 0.0225. The van der Waals surface area contributed by atoms with Gasteiger partial charge in [-0.3, -0.25) is 4.98 Å². The molecule has 0 spiro atoms. The summed E-state index contributed by atoms with van der Waals surface area (Å²) >= 11 is 0. The minimum Gasteiger partial charge on any atom is -0.492 e. The fourth-order valence-electron chi connectivity index (χ4n) is 5.41. The van der Waals surface area contributed by atoms with E-state index in [2.05, 4.69) is 58.8 Å². The van der Waals surface area contributed by atoms with Crippen LogP contribution in [0.15, 0.2) is 60.9 Å². The molecule has 0 fully saturated rings. The Balaban J connectivity index is 1.58. The monoisotopic (exact) mass is 704 g/mol. The Morgan fingerprint density at radius 2 is 1.72 bits per heavy atom. The molecule has 1 aliphatic heterocycles. The predicted molar refractivity (Wildman–Crippen MR) is 199 cm³/mol. The maximum absolute atomic E-state index is 13.8. The Kier molecular flexibility index (Phi) is 12.4. The molecule has 10 heteroatoms. The molecule has 1 aromatic heterocycles. The fourth-order valence-corrected chi connectivity index (χ4v) is 6.69. The molecule has 272 valence electrons. The summed E-state index contributed by atoms with van der Waals surface area (Å²) in [5, 5.41) is -0.0225. The van der Waals surface area contributed by atoms with Crippen LogP contribution in [0.25, 0.3) is 11.1 Å². The maximum Gasteiger partial charge on any atom is 0.410 e. The largest absolute Gasteiger partial charge is 0.492 e. The molecule has 0 radical (unpaired) electrons. The number of aryl methyl sites for hydroxylation is 1. The summed E-state index contributed by atoms with van der Waals surface area (Å²) in [4.78, 5) is 32.3.